The normalized spacial score (nSPS) is 17.9. The van der Waals surface area contributed by atoms with E-state index in [0.717, 1.165) is 53.2 Å². The Bertz CT molecular complexity index is 1190. The number of hydrogen-bond acceptors (Lipinski definition) is 4. The molecule has 1 aliphatic rings. The standard InChI is InChI=1S/C21H23N5OS/c1-12-6-7-15-16(9-12)28-21-18(15)20(27)24-19(25-21)13(2)22-10-14-11-26-8-4-3-5-17(26)23-14/h3-5,8,11-13,22H,6-7,9-10H2,1-2H3,(H,24,25,27)/p+1/t12-,13-/m1/s1. The second kappa shape index (κ2) is 6.83. The Hall–Kier alpha value is -2.51. The fourth-order valence-electron chi connectivity index (χ4n) is 4.08. The number of imidazole rings is 1. The largest absolute Gasteiger partial charge is 0.333 e. The van der Waals surface area contributed by atoms with Crippen molar-refractivity contribution < 1.29 is 5.32 Å². The van der Waals surface area contributed by atoms with Crippen LogP contribution in [-0.4, -0.2) is 19.4 Å². The number of hydrogen-bond donors (Lipinski definition) is 2. The van der Waals surface area contributed by atoms with Gasteiger partial charge in [-0.15, -0.1) is 11.3 Å². The first-order valence-corrected chi connectivity index (χ1v) is 10.7. The molecule has 0 saturated carbocycles. The van der Waals surface area contributed by atoms with Gasteiger partial charge in [0, 0.05) is 17.3 Å². The molecule has 4 heterocycles. The second-order valence-corrected chi connectivity index (χ2v) is 8.99. The predicted molar refractivity (Wildman–Crippen MR) is 111 cm³/mol. The van der Waals surface area contributed by atoms with Gasteiger partial charge in [0.2, 0.25) is 0 Å². The minimum atomic E-state index is 0.0139. The molecule has 1 aliphatic carbocycles. The molecule has 7 heteroatoms. The molecule has 4 aromatic rings. The maximum atomic E-state index is 12.8. The lowest BCUT2D eigenvalue weighted by Gasteiger charge is -2.17. The van der Waals surface area contributed by atoms with Crippen LogP contribution in [0.2, 0.25) is 0 Å². The van der Waals surface area contributed by atoms with Crippen molar-refractivity contribution in [1.29, 1.82) is 0 Å². The van der Waals surface area contributed by atoms with E-state index in [0.29, 0.717) is 5.92 Å². The average Bonchev–Trinajstić information content (AvgIpc) is 3.26. The minimum absolute atomic E-state index is 0.0139. The van der Waals surface area contributed by atoms with Crippen molar-refractivity contribution in [3.05, 3.63) is 62.9 Å². The van der Waals surface area contributed by atoms with Crippen LogP contribution in [0, 0.1) is 5.92 Å². The molecule has 2 atom stereocenters. The molecule has 0 fully saturated rings. The van der Waals surface area contributed by atoms with Crippen LogP contribution in [0.15, 0.2) is 35.4 Å². The van der Waals surface area contributed by atoms with Gasteiger partial charge in [-0.3, -0.25) is 4.79 Å². The molecule has 0 spiro atoms. The summed E-state index contributed by atoms with van der Waals surface area (Å²) in [6.45, 7) is 5.10. The van der Waals surface area contributed by atoms with E-state index in [4.69, 9.17) is 4.98 Å². The maximum Gasteiger partial charge on any atom is 0.260 e. The number of nitrogens with one attached hydrogen (secondary N) is 1. The van der Waals surface area contributed by atoms with E-state index in [1.54, 1.807) is 11.3 Å². The molecule has 28 heavy (non-hydrogen) atoms. The van der Waals surface area contributed by atoms with Crippen LogP contribution < -0.4 is 10.9 Å². The average molecular weight is 395 g/mol. The molecule has 0 radical (unpaired) electrons. The molecule has 0 bridgehead atoms. The van der Waals surface area contributed by atoms with Crippen molar-refractivity contribution in [3.63, 3.8) is 0 Å². The number of thiophene rings is 1. The highest BCUT2D eigenvalue weighted by Crippen LogP contribution is 2.35. The number of H-pyrrole nitrogens is 1. The predicted octanol–water partition coefficient (Wildman–Crippen LogP) is 2.58. The first kappa shape index (κ1) is 17.6. The molecule has 4 aromatic heterocycles. The Balaban J connectivity index is 1.40. The van der Waals surface area contributed by atoms with Gasteiger partial charge in [0.05, 0.1) is 5.39 Å². The Kier molecular flexibility index (Phi) is 4.29. The number of pyridine rings is 1. The van der Waals surface area contributed by atoms with Crippen LogP contribution in [0.1, 0.15) is 48.3 Å². The summed E-state index contributed by atoms with van der Waals surface area (Å²) in [6.07, 6.45) is 7.27. The van der Waals surface area contributed by atoms with E-state index in [9.17, 15) is 4.79 Å². The van der Waals surface area contributed by atoms with Gasteiger partial charge in [-0.1, -0.05) is 13.0 Å². The summed E-state index contributed by atoms with van der Waals surface area (Å²) in [5, 5.41) is 2.99. The van der Waals surface area contributed by atoms with Gasteiger partial charge >= 0.3 is 0 Å². The Morgan fingerprint density at radius 1 is 1.39 bits per heavy atom. The Morgan fingerprint density at radius 3 is 3.14 bits per heavy atom. The van der Waals surface area contributed by atoms with Gasteiger partial charge in [0.25, 0.3) is 5.56 Å². The van der Waals surface area contributed by atoms with Crippen LogP contribution in [0.3, 0.4) is 0 Å². The number of aryl methyl sites for hydroxylation is 1. The highest BCUT2D eigenvalue weighted by atomic mass is 32.1. The van der Waals surface area contributed by atoms with Crippen molar-refractivity contribution in [3.8, 4) is 0 Å². The lowest BCUT2D eigenvalue weighted by molar-refractivity contribution is -0.709. The van der Waals surface area contributed by atoms with E-state index in [-0.39, 0.29) is 11.6 Å². The maximum absolute atomic E-state index is 12.8. The first-order valence-electron chi connectivity index (χ1n) is 9.89. The Labute approximate surface area is 166 Å². The quantitative estimate of drug-likeness (QED) is 0.558. The fraction of sp³-hybridized carbons (Fsp3) is 0.381. The third-order valence-electron chi connectivity index (χ3n) is 5.71. The van der Waals surface area contributed by atoms with Gasteiger partial charge in [-0.05, 0) is 49.8 Å². The highest BCUT2D eigenvalue weighted by Gasteiger charge is 2.24. The monoisotopic (exact) mass is 394 g/mol. The zero-order valence-corrected chi connectivity index (χ0v) is 16.9. The molecule has 0 saturated heterocycles. The van der Waals surface area contributed by atoms with Crippen LogP contribution in [0.4, 0.5) is 0 Å². The number of rotatable bonds is 4. The summed E-state index contributed by atoms with van der Waals surface area (Å²) in [7, 11) is 0. The molecule has 0 aliphatic heterocycles. The van der Waals surface area contributed by atoms with Gasteiger partial charge in [0.15, 0.2) is 5.82 Å². The van der Waals surface area contributed by atoms with E-state index in [1.807, 2.05) is 35.0 Å². The zero-order valence-electron chi connectivity index (χ0n) is 16.1. The minimum Gasteiger partial charge on any atom is -0.333 e. The van der Waals surface area contributed by atoms with Crippen molar-refractivity contribution in [1.82, 2.24) is 19.4 Å². The zero-order chi connectivity index (χ0) is 19.3. The molecule has 0 aromatic carbocycles. The molecular formula is C21H24N5OS+. The molecule has 5 rings (SSSR count). The van der Waals surface area contributed by atoms with E-state index >= 15 is 0 Å². The van der Waals surface area contributed by atoms with E-state index < -0.39 is 0 Å². The van der Waals surface area contributed by atoms with Crippen molar-refractivity contribution in [2.24, 2.45) is 5.92 Å². The van der Waals surface area contributed by atoms with Crippen LogP contribution in [0.25, 0.3) is 15.9 Å². The lowest BCUT2D eigenvalue weighted by Crippen LogP contribution is -2.83. The lowest BCUT2D eigenvalue weighted by atomic mass is 9.89. The summed E-state index contributed by atoms with van der Waals surface area (Å²) in [5.41, 5.74) is 3.21. The van der Waals surface area contributed by atoms with Gasteiger partial charge in [0.1, 0.15) is 28.8 Å². The topological polar surface area (TPSA) is 79.7 Å². The summed E-state index contributed by atoms with van der Waals surface area (Å²) in [5.74, 6) is 1.43. The molecule has 0 amide bonds. The van der Waals surface area contributed by atoms with Crippen molar-refractivity contribution >= 4 is 27.2 Å². The molecule has 0 unspecified atom stereocenters. The molecule has 6 nitrogen and oxygen atoms in total. The molecule has 3 N–H and O–H groups in total. The summed E-state index contributed by atoms with van der Waals surface area (Å²) < 4.78 is 2.02. The SMILES string of the molecule is C[C@@H]1CCc2c(sc3nc([C@@H](C)[NH2+]Cc4cn5ccccc5n4)[nH]c(=O)c23)C1. The fourth-order valence-corrected chi connectivity index (χ4v) is 5.47. The number of fused-ring (bicyclic) bond motifs is 4. The van der Waals surface area contributed by atoms with Gasteiger partial charge in [-0.2, -0.15) is 0 Å². The van der Waals surface area contributed by atoms with Crippen LogP contribution in [-0.2, 0) is 19.4 Å². The number of aromatic nitrogens is 4. The Morgan fingerprint density at radius 2 is 2.29 bits per heavy atom. The smallest absolute Gasteiger partial charge is 0.260 e. The van der Waals surface area contributed by atoms with E-state index in [2.05, 4.69) is 29.1 Å². The van der Waals surface area contributed by atoms with Crippen molar-refractivity contribution in [2.45, 2.75) is 45.7 Å². The summed E-state index contributed by atoms with van der Waals surface area (Å²) in [6, 6.07) is 6.04. The highest BCUT2D eigenvalue weighted by molar-refractivity contribution is 7.18. The van der Waals surface area contributed by atoms with E-state index in [1.165, 1.54) is 10.4 Å². The number of nitrogens with zero attached hydrogens (tertiary/aromatic N) is 3. The second-order valence-electron chi connectivity index (χ2n) is 7.91. The first-order chi connectivity index (χ1) is 13.6. The number of quaternary nitrogens is 1. The van der Waals surface area contributed by atoms with Crippen molar-refractivity contribution in [2.75, 3.05) is 0 Å². The van der Waals surface area contributed by atoms with Gasteiger partial charge < -0.3 is 14.7 Å². The van der Waals surface area contributed by atoms with Crippen LogP contribution >= 0.6 is 11.3 Å². The third kappa shape index (κ3) is 3.04. The third-order valence-corrected chi connectivity index (χ3v) is 6.86. The van der Waals surface area contributed by atoms with Gasteiger partial charge in [-0.25, -0.2) is 9.97 Å². The summed E-state index contributed by atoms with van der Waals surface area (Å²) >= 11 is 1.71. The number of nitrogens with two attached hydrogens (primary N) is 1. The molecular weight excluding hydrogens is 370 g/mol. The molecule has 144 valence electrons. The summed E-state index contributed by atoms with van der Waals surface area (Å²) in [4.78, 5) is 27.5. The van der Waals surface area contributed by atoms with Crippen LogP contribution in [0.5, 0.6) is 0 Å². The number of aromatic amines is 1.